The molecule has 2 amide bonds. The van der Waals surface area contributed by atoms with Gasteiger partial charge in [-0.25, -0.2) is 9.67 Å². The van der Waals surface area contributed by atoms with Crippen LogP contribution in [0.1, 0.15) is 31.7 Å². The number of halogens is 1. The molecule has 0 unspecified atom stereocenters. The fraction of sp³-hybridized carbons (Fsp3) is 0.409. The predicted molar refractivity (Wildman–Crippen MR) is 126 cm³/mol. The Hall–Kier alpha value is -3.05. The Balaban J connectivity index is 1.45. The summed E-state index contributed by atoms with van der Waals surface area (Å²) in [5.41, 5.74) is 2.59. The number of hydrogen-bond acceptors (Lipinski definition) is 7. The van der Waals surface area contributed by atoms with E-state index in [4.69, 9.17) is 9.72 Å². The van der Waals surface area contributed by atoms with Crippen molar-refractivity contribution in [3.05, 3.63) is 34.6 Å². The fourth-order valence-corrected chi connectivity index (χ4v) is 4.99. The maximum Gasteiger partial charge on any atom is 0.250 e. The minimum absolute atomic E-state index is 0.0304. The molecule has 2 atom stereocenters. The summed E-state index contributed by atoms with van der Waals surface area (Å²) in [5.74, 6) is 0.358. The fourth-order valence-electron chi connectivity index (χ4n) is 4.55. The number of carbonyl (C=O) groups excluding carboxylic acids is 2. The smallest absolute Gasteiger partial charge is 0.250 e. The van der Waals surface area contributed by atoms with Gasteiger partial charge in [-0.15, -0.1) is 0 Å². The van der Waals surface area contributed by atoms with Crippen molar-refractivity contribution in [3.63, 3.8) is 0 Å². The number of benzene rings is 1. The molecule has 1 aliphatic carbocycles. The van der Waals surface area contributed by atoms with E-state index < -0.39 is 5.41 Å². The van der Waals surface area contributed by atoms with Gasteiger partial charge in [-0.2, -0.15) is 10.1 Å². The number of nitrogens with zero attached hydrogens (tertiary/aromatic N) is 4. The van der Waals surface area contributed by atoms with Crippen LogP contribution in [0.15, 0.2) is 29.0 Å². The second-order valence-corrected chi connectivity index (χ2v) is 9.49. The molecule has 11 heteroatoms. The number of carbonyl (C=O) groups is 2. The summed E-state index contributed by atoms with van der Waals surface area (Å²) in [4.78, 5) is 33.3. The highest BCUT2D eigenvalue weighted by atomic mass is 79.9. The standard InChI is InChI=1S/C22H24BrN7O3/c1-22(20(32)24-2)6-5-13(8-22)26-21-25-9-15-18(23)29-30(19(15)28-21)14-4-3-12-10-33-11-17(31)27-16(12)7-14/h3-4,7,9,13H,5-6,8,10-11H2,1-2H3,(H,24,32)(H,27,31)(H,25,26,28)/t13-,22-/m1/s1. The topological polar surface area (TPSA) is 123 Å². The summed E-state index contributed by atoms with van der Waals surface area (Å²) in [6, 6.07) is 5.80. The van der Waals surface area contributed by atoms with Crippen molar-refractivity contribution in [1.82, 2.24) is 25.1 Å². The van der Waals surface area contributed by atoms with Gasteiger partial charge in [0.15, 0.2) is 5.65 Å². The van der Waals surface area contributed by atoms with Crippen molar-refractivity contribution in [2.24, 2.45) is 5.41 Å². The lowest BCUT2D eigenvalue weighted by molar-refractivity contribution is -0.129. The molecule has 3 N–H and O–H groups in total. The molecule has 0 bridgehead atoms. The molecule has 2 aromatic heterocycles. The summed E-state index contributed by atoms with van der Waals surface area (Å²) in [6.45, 7) is 2.39. The van der Waals surface area contributed by atoms with Crippen LogP contribution in [0.25, 0.3) is 16.7 Å². The van der Waals surface area contributed by atoms with Gasteiger partial charge in [0, 0.05) is 36.0 Å². The Bertz CT molecular complexity index is 1260. The van der Waals surface area contributed by atoms with Crippen LogP contribution in [-0.4, -0.2) is 51.3 Å². The monoisotopic (exact) mass is 513 g/mol. The number of anilines is 2. The van der Waals surface area contributed by atoms with Gasteiger partial charge in [0.05, 0.1) is 17.7 Å². The Morgan fingerprint density at radius 2 is 2.21 bits per heavy atom. The van der Waals surface area contributed by atoms with Gasteiger partial charge in [0.1, 0.15) is 11.2 Å². The zero-order valence-electron chi connectivity index (χ0n) is 18.3. The molecule has 1 aliphatic heterocycles. The first-order valence-electron chi connectivity index (χ1n) is 10.8. The summed E-state index contributed by atoms with van der Waals surface area (Å²) in [6.07, 6.45) is 4.11. The van der Waals surface area contributed by atoms with Gasteiger partial charge in [0.25, 0.3) is 0 Å². The molecule has 1 saturated carbocycles. The third-order valence-corrected chi connectivity index (χ3v) is 6.92. The molecule has 10 nitrogen and oxygen atoms in total. The molecule has 3 heterocycles. The van der Waals surface area contributed by atoms with Crippen LogP contribution in [0.3, 0.4) is 0 Å². The van der Waals surface area contributed by atoms with Crippen molar-refractivity contribution in [3.8, 4) is 5.69 Å². The van der Waals surface area contributed by atoms with Crippen molar-refractivity contribution in [2.45, 2.75) is 38.8 Å². The zero-order chi connectivity index (χ0) is 23.2. The van der Waals surface area contributed by atoms with Crippen LogP contribution in [0.2, 0.25) is 0 Å². The Morgan fingerprint density at radius 1 is 1.36 bits per heavy atom. The third kappa shape index (κ3) is 4.06. The number of fused-ring (bicyclic) bond motifs is 2. The average Bonchev–Trinajstić information content (AvgIpc) is 3.27. The molecule has 172 valence electrons. The van der Waals surface area contributed by atoms with E-state index in [9.17, 15) is 9.59 Å². The molecular formula is C22H24BrN7O3. The van der Waals surface area contributed by atoms with Gasteiger partial charge >= 0.3 is 0 Å². The largest absolute Gasteiger partial charge is 0.367 e. The van der Waals surface area contributed by atoms with E-state index in [2.05, 4.69) is 42.0 Å². The maximum atomic E-state index is 12.2. The number of ether oxygens (including phenoxy) is 1. The Labute approximate surface area is 198 Å². The normalized spacial score (nSPS) is 22.5. The highest BCUT2D eigenvalue weighted by Crippen LogP contribution is 2.39. The van der Waals surface area contributed by atoms with E-state index in [0.717, 1.165) is 29.5 Å². The van der Waals surface area contributed by atoms with E-state index in [0.29, 0.717) is 34.9 Å². The second kappa shape index (κ2) is 8.38. The Kier molecular flexibility index (Phi) is 5.53. The molecule has 2 aliphatic rings. The van der Waals surface area contributed by atoms with Crippen LogP contribution in [0.5, 0.6) is 0 Å². The molecule has 0 spiro atoms. The zero-order valence-corrected chi connectivity index (χ0v) is 19.9. The second-order valence-electron chi connectivity index (χ2n) is 8.74. The van der Waals surface area contributed by atoms with Crippen LogP contribution < -0.4 is 16.0 Å². The molecule has 3 aromatic rings. The lowest BCUT2D eigenvalue weighted by atomic mass is 9.87. The van der Waals surface area contributed by atoms with Crippen molar-refractivity contribution in [1.29, 1.82) is 0 Å². The minimum Gasteiger partial charge on any atom is -0.367 e. The summed E-state index contributed by atoms with van der Waals surface area (Å²) in [7, 11) is 1.67. The van der Waals surface area contributed by atoms with E-state index >= 15 is 0 Å². The van der Waals surface area contributed by atoms with Crippen molar-refractivity contribution in [2.75, 3.05) is 24.3 Å². The first-order chi connectivity index (χ1) is 15.9. The van der Waals surface area contributed by atoms with E-state index in [-0.39, 0.29) is 24.5 Å². The lowest BCUT2D eigenvalue weighted by Gasteiger charge is -2.22. The average molecular weight is 514 g/mol. The van der Waals surface area contributed by atoms with Gasteiger partial charge in [-0.3, -0.25) is 9.59 Å². The van der Waals surface area contributed by atoms with Gasteiger partial charge in [-0.1, -0.05) is 13.0 Å². The van der Waals surface area contributed by atoms with Gasteiger partial charge < -0.3 is 20.7 Å². The van der Waals surface area contributed by atoms with Crippen LogP contribution >= 0.6 is 15.9 Å². The van der Waals surface area contributed by atoms with E-state index in [1.54, 1.807) is 17.9 Å². The Morgan fingerprint density at radius 3 is 3.03 bits per heavy atom. The molecule has 0 radical (unpaired) electrons. The quantitative estimate of drug-likeness (QED) is 0.489. The van der Waals surface area contributed by atoms with E-state index in [1.807, 2.05) is 25.1 Å². The summed E-state index contributed by atoms with van der Waals surface area (Å²) < 4.78 is 7.71. The predicted octanol–water partition coefficient (Wildman–Crippen LogP) is 2.76. The first-order valence-corrected chi connectivity index (χ1v) is 11.6. The maximum absolute atomic E-state index is 12.2. The number of aromatic nitrogens is 4. The minimum atomic E-state index is -0.392. The molecule has 1 fully saturated rings. The number of amides is 2. The van der Waals surface area contributed by atoms with Gasteiger partial charge in [-0.05, 0) is 47.3 Å². The van der Waals surface area contributed by atoms with Crippen LogP contribution in [-0.2, 0) is 20.9 Å². The molecular weight excluding hydrogens is 490 g/mol. The van der Waals surface area contributed by atoms with Crippen molar-refractivity contribution < 1.29 is 14.3 Å². The SMILES string of the molecule is CNC(=O)[C@]1(C)CC[C@@H](Nc2ncc3c(Br)nn(-c4ccc5c(c4)NC(=O)COC5)c3n2)C1. The highest BCUT2D eigenvalue weighted by molar-refractivity contribution is 9.10. The van der Waals surface area contributed by atoms with Crippen LogP contribution in [0, 0.1) is 5.41 Å². The molecule has 33 heavy (non-hydrogen) atoms. The summed E-state index contributed by atoms with van der Waals surface area (Å²) in [5, 5.41) is 14.4. The van der Waals surface area contributed by atoms with Crippen molar-refractivity contribution >= 4 is 50.4 Å². The lowest BCUT2D eigenvalue weighted by Crippen LogP contribution is -2.35. The number of rotatable bonds is 4. The third-order valence-electron chi connectivity index (χ3n) is 6.33. The molecule has 5 rings (SSSR count). The van der Waals surface area contributed by atoms with Crippen LogP contribution in [0.4, 0.5) is 11.6 Å². The number of hydrogen-bond donors (Lipinski definition) is 3. The highest BCUT2D eigenvalue weighted by Gasteiger charge is 2.41. The molecule has 1 aromatic carbocycles. The van der Waals surface area contributed by atoms with E-state index in [1.165, 1.54) is 0 Å². The number of nitrogens with one attached hydrogen (secondary N) is 3. The first kappa shape index (κ1) is 21.8. The van der Waals surface area contributed by atoms with Gasteiger partial charge in [0.2, 0.25) is 17.8 Å². The summed E-state index contributed by atoms with van der Waals surface area (Å²) >= 11 is 3.50. The molecule has 0 saturated heterocycles.